The van der Waals surface area contributed by atoms with Crippen LogP contribution in [-0.2, 0) is 14.8 Å². The topological polar surface area (TPSA) is 149 Å². The summed E-state index contributed by atoms with van der Waals surface area (Å²) in [6, 6.07) is 3.16. The van der Waals surface area contributed by atoms with Gasteiger partial charge in [-0.05, 0) is 25.0 Å². The highest BCUT2D eigenvalue weighted by Crippen LogP contribution is 2.32. The van der Waals surface area contributed by atoms with E-state index in [2.05, 4.69) is 10.3 Å². The smallest absolute Gasteiger partial charge is 0.322 e. The molecule has 1 atom stereocenters. The predicted molar refractivity (Wildman–Crippen MR) is 104 cm³/mol. The Morgan fingerprint density at radius 2 is 2.11 bits per heavy atom. The van der Waals surface area contributed by atoms with Crippen LogP contribution in [0, 0.1) is 5.41 Å². The van der Waals surface area contributed by atoms with Crippen molar-refractivity contribution in [1.82, 2.24) is 9.29 Å². The van der Waals surface area contributed by atoms with Gasteiger partial charge in [0, 0.05) is 23.5 Å². The normalized spacial score (nSPS) is 17.4. The molecule has 2 aromatic rings. The van der Waals surface area contributed by atoms with Crippen LogP contribution in [-0.4, -0.2) is 47.3 Å². The number of aromatic nitrogens is 1. The van der Waals surface area contributed by atoms with Gasteiger partial charge in [0.25, 0.3) is 0 Å². The Morgan fingerprint density at radius 1 is 1.41 bits per heavy atom. The van der Waals surface area contributed by atoms with Gasteiger partial charge in [0.05, 0.1) is 9.92 Å². The van der Waals surface area contributed by atoms with Crippen molar-refractivity contribution < 1.29 is 18.3 Å². The van der Waals surface area contributed by atoms with Crippen LogP contribution in [0.5, 0.6) is 0 Å². The molecule has 27 heavy (non-hydrogen) atoms. The number of carboxylic acid groups (broad SMARTS) is 1. The Morgan fingerprint density at radius 3 is 2.74 bits per heavy atom. The number of sulfonamides is 1. The van der Waals surface area contributed by atoms with Crippen molar-refractivity contribution in [3.63, 3.8) is 0 Å². The molecule has 0 spiro atoms. The zero-order chi connectivity index (χ0) is 19.1. The molecule has 12 heteroatoms. The average molecular weight is 434 g/mol. The minimum atomic E-state index is -4.01. The van der Waals surface area contributed by atoms with Crippen molar-refractivity contribution in [2.75, 3.05) is 11.9 Å². The molecule has 9 nitrogen and oxygen atoms in total. The first-order chi connectivity index (χ1) is 12.2. The fraction of sp³-hybridized carbons (Fsp3) is 0.267. The van der Waals surface area contributed by atoms with E-state index in [0.717, 1.165) is 4.31 Å². The number of nitrogens with zero attached hydrogens (tertiary/aromatic N) is 2. The maximum Gasteiger partial charge on any atom is 0.322 e. The molecule has 0 aliphatic carbocycles. The van der Waals surface area contributed by atoms with Crippen LogP contribution in [0.4, 0.5) is 5.82 Å². The molecule has 2 heterocycles. The van der Waals surface area contributed by atoms with Gasteiger partial charge in [-0.15, -0.1) is 12.4 Å². The van der Waals surface area contributed by atoms with E-state index >= 15 is 0 Å². The van der Waals surface area contributed by atoms with Crippen LogP contribution < -0.4 is 11.1 Å². The minimum Gasteiger partial charge on any atom is -0.480 e. The summed E-state index contributed by atoms with van der Waals surface area (Å²) in [5.41, 5.74) is 5.34. The molecule has 1 saturated heterocycles. The number of nitrogens with two attached hydrogens (primary N) is 1. The molecular weight excluding hydrogens is 417 g/mol. The number of hydrogen-bond donors (Lipinski definition) is 4. The fourth-order valence-electron chi connectivity index (χ4n) is 2.99. The number of aliphatic carboxylic acids is 1. The molecule has 0 bridgehead atoms. The first kappa shape index (κ1) is 21.2. The highest BCUT2D eigenvalue weighted by molar-refractivity contribution is 7.89. The van der Waals surface area contributed by atoms with Crippen LogP contribution >= 0.6 is 24.0 Å². The summed E-state index contributed by atoms with van der Waals surface area (Å²) in [7, 11) is -4.01. The summed E-state index contributed by atoms with van der Waals surface area (Å²) in [4.78, 5) is 15.3. The van der Waals surface area contributed by atoms with E-state index < -0.39 is 22.0 Å². The fourth-order valence-corrected chi connectivity index (χ4v) is 4.88. The molecule has 0 saturated carbocycles. The van der Waals surface area contributed by atoms with Crippen LogP contribution in [0.3, 0.4) is 0 Å². The van der Waals surface area contributed by atoms with Gasteiger partial charge in [-0.3, -0.25) is 10.2 Å². The quantitative estimate of drug-likeness (QED) is 0.424. The maximum absolute atomic E-state index is 12.9. The van der Waals surface area contributed by atoms with Gasteiger partial charge < -0.3 is 16.2 Å². The molecule has 0 amide bonds. The monoisotopic (exact) mass is 433 g/mol. The third-order valence-corrected chi connectivity index (χ3v) is 6.36. The lowest BCUT2D eigenvalue weighted by molar-refractivity contribution is -0.140. The number of anilines is 1. The first-order valence-corrected chi connectivity index (χ1v) is 9.47. The molecular formula is C15H17Cl2N5O4S. The van der Waals surface area contributed by atoms with E-state index in [1.165, 1.54) is 24.4 Å². The first-order valence-electron chi connectivity index (χ1n) is 7.66. The van der Waals surface area contributed by atoms with E-state index in [1.54, 1.807) is 0 Å². The molecule has 1 aliphatic heterocycles. The third kappa shape index (κ3) is 3.93. The van der Waals surface area contributed by atoms with Crippen LogP contribution in [0.15, 0.2) is 29.3 Å². The molecule has 5 N–H and O–H groups in total. The Bertz CT molecular complexity index is 1010. The number of fused-ring (bicyclic) bond motifs is 1. The van der Waals surface area contributed by atoms with Crippen molar-refractivity contribution in [3.8, 4) is 0 Å². The van der Waals surface area contributed by atoms with Gasteiger partial charge in [0.15, 0.2) is 5.96 Å². The SMILES string of the molecule is Cl.N=C(N)Nc1ncc(Cl)c2ccc(S(=O)(=O)N3CCC[C@@H]3C(=O)O)cc12. The zero-order valence-corrected chi connectivity index (χ0v) is 16.2. The van der Waals surface area contributed by atoms with Gasteiger partial charge in [-0.1, -0.05) is 17.7 Å². The lowest BCUT2D eigenvalue weighted by Crippen LogP contribution is -2.40. The highest BCUT2D eigenvalue weighted by atomic mass is 35.5. The van der Waals surface area contributed by atoms with Crippen molar-refractivity contribution in [2.45, 2.75) is 23.8 Å². The average Bonchev–Trinajstić information content (AvgIpc) is 3.07. The lowest BCUT2D eigenvalue weighted by atomic mass is 10.1. The number of halogens is 2. The van der Waals surface area contributed by atoms with E-state index in [4.69, 9.17) is 22.7 Å². The number of guanidine groups is 1. The molecule has 3 rings (SSSR count). The van der Waals surface area contributed by atoms with Gasteiger partial charge in [-0.25, -0.2) is 13.4 Å². The summed E-state index contributed by atoms with van der Waals surface area (Å²) in [6.45, 7) is 0.143. The second-order valence-corrected chi connectivity index (χ2v) is 8.11. The van der Waals surface area contributed by atoms with E-state index in [1.807, 2.05) is 0 Å². The molecule has 1 aromatic heterocycles. The van der Waals surface area contributed by atoms with Crippen molar-refractivity contribution in [1.29, 1.82) is 5.41 Å². The standard InChI is InChI=1S/C15H16ClN5O4S.ClH/c16-11-7-19-13(20-15(17)18)10-6-8(3-4-9(10)11)26(24,25)21-5-1-2-12(21)14(22)23;/h3-4,6-7,12H,1-2,5H2,(H,22,23)(H4,17,18,19,20);1H/t12-;/m1./s1. The number of hydrogen-bond acceptors (Lipinski definition) is 5. The van der Waals surface area contributed by atoms with Crippen LogP contribution in [0.1, 0.15) is 12.8 Å². The lowest BCUT2D eigenvalue weighted by Gasteiger charge is -2.21. The van der Waals surface area contributed by atoms with Crippen molar-refractivity contribution in [3.05, 3.63) is 29.4 Å². The largest absolute Gasteiger partial charge is 0.480 e. The highest BCUT2D eigenvalue weighted by Gasteiger charge is 2.39. The molecule has 0 unspecified atom stereocenters. The summed E-state index contributed by atoms with van der Waals surface area (Å²) in [5, 5.41) is 20.3. The Hall–Kier alpha value is -2.14. The van der Waals surface area contributed by atoms with Crippen molar-refractivity contribution >= 4 is 62.6 Å². The second-order valence-electron chi connectivity index (χ2n) is 5.81. The Kier molecular flexibility index (Phi) is 6.15. The minimum absolute atomic E-state index is 0. The number of carbonyl (C=O) groups is 1. The van der Waals surface area contributed by atoms with Gasteiger partial charge in [0.2, 0.25) is 10.0 Å². The van der Waals surface area contributed by atoms with E-state index in [-0.39, 0.29) is 42.0 Å². The molecule has 146 valence electrons. The summed E-state index contributed by atoms with van der Waals surface area (Å²) >= 11 is 6.11. The summed E-state index contributed by atoms with van der Waals surface area (Å²) in [6.07, 6.45) is 2.12. The number of carboxylic acids is 1. The molecule has 1 aromatic carbocycles. The van der Waals surface area contributed by atoms with Gasteiger partial charge in [0.1, 0.15) is 11.9 Å². The Balaban J connectivity index is 0.00000261. The van der Waals surface area contributed by atoms with E-state index in [9.17, 15) is 18.3 Å². The van der Waals surface area contributed by atoms with Crippen molar-refractivity contribution in [2.24, 2.45) is 5.73 Å². The van der Waals surface area contributed by atoms with Gasteiger partial charge >= 0.3 is 5.97 Å². The summed E-state index contributed by atoms with van der Waals surface area (Å²) < 4.78 is 26.9. The number of benzene rings is 1. The number of pyridine rings is 1. The molecule has 1 aliphatic rings. The molecule has 1 fully saturated rings. The third-order valence-electron chi connectivity index (χ3n) is 4.16. The van der Waals surface area contributed by atoms with Crippen LogP contribution in [0.2, 0.25) is 5.02 Å². The number of rotatable bonds is 4. The zero-order valence-electron chi connectivity index (χ0n) is 13.8. The predicted octanol–water partition coefficient (Wildman–Crippen LogP) is 1.85. The van der Waals surface area contributed by atoms with Gasteiger partial charge in [-0.2, -0.15) is 4.31 Å². The number of nitrogens with one attached hydrogen (secondary N) is 2. The van der Waals surface area contributed by atoms with Crippen LogP contribution in [0.25, 0.3) is 10.8 Å². The second kappa shape index (κ2) is 7.85. The Labute approximate surface area is 166 Å². The maximum atomic E-state index is 12.9. The van der Waals surface area contributed by atoms with E-state index in [0.29, 0.717) is 22.2 Å². The summed E-state index contributed by atoms with van der Waals surface area (Å²) in [5.74, 6) is -1.35. The molecule has 0 radical (unpaired) electrons.